The van der Waals surface area contributed by atoms with Crippen LogP contribution in [0.4, 0.5) is 0 Å². The molecule has 2 aliphatic rings. The third-order valence-corrected chi connectivity index (χ3v) is 6.43. The number of Topliss-reactive ketones (excluding diaryl/α,β-unsaturated/α-hetero) is 1. The van der Waals surface area contributed by atoms with E-state index >= 15 is 0 Å². The summed E-state index contributed by atoms with van der Waals surface area (Å²) in [4.78, 5) is 30.1. The number of carbonyl (C=O) groups excluding carboxylic acids is 2. The minimum atomic E-state index is -0.865. The van der Waals surface area contributed by atoms with Gasteiger partial charge in [0.2, 0.25) is 0 Å². The number of aliphatic hydroxyl groups excluding tert-OH is 1. The molecule has 0 spiro atoms. The predicted octanol–water partition coefficient (Wildman–Crippen LogP) is 2.47. The van der Waals surface area contributed by atoms with Crippen LogP contribution < -0.4 is 9.47 Å². The van der Waals surface area contributed by atoms with Gasteiger partial charge in [0.1, 0.15) is 11.5 Å². The third kappa shape index (κ3) is 4.82. The molecule has 2 heterocycles. The van der Waals surface area contributed by atoms with Gasteiger partial charge in [-0.3, -0.25) is 14.5 Å². The fourth-order valence-corrected chi connectivity index (χ4v) is 4.54. The maximum absolute atomic E-state index is 13.3. The maximum Gasteiger partial charge on any atom is 0.295 e. The first-order valence-electron chi connectivity index (χ1n) is 11.5. The van der Waals surface area contributed by atoms with Gasteiger partial charge in [-0.15, -0.1) is 0 Å². The van der Waals surface area contributed by atoms with E-state index in [4.69, 9.17) is 14.2 Å². The number of hydrogen-bond donors (Lipinski definition) is 2. The average Bonchev–Trinajstić information content (AvgIpc) is 3.13. The van der Waals surface area contributed by atoms with Crippen LogP contribution in [0.3, 0.4) is 0 Å². The Morgan fingerprint density at radius 2 is 1.74 bits per heavy atom. The van der Waals surface area contributed by atoms with Crippen molar-refractivity contribution in [1.82, 2.24) is 9.80 Å². The number of morpholine rings is 1. The van der Waals surface area contributed by atoms with Crippen molar-refractivity contribution in [3.05, 3.63) is 58.7 Å². The number of rotatable bonds is 7. The number of ketones is 1. The number of likely N-dealkylation sites (tertiary alicyclic amines) is 1. The van der Waals surface area contributed by atoms with Gasteiger partial charge >= 0.3 is 0 Å². The van der Waals surface area contributed by atoms with Crippen LogP contribution in [0.1, 0.15) is 22.7 Å². The molecule has 0 aromatic heterocycles. The second-order valence-electron chi connectivity index (χ2n) is 8.58. The largest absolute Gasteiger partial charge is 0.507 e. The van der Waals surface area contributed by atoms with E-state index in [1.807, 2.05) is 6.92 Å². The first-order valence-corrected chi connectivity index (χ1v) is 11.5. The molecule has 186 valence electrons. The highest BCUT2D eigenvalue weighted by atomic mass is 16.5. The Labute approximate surface area is 204 Å². The van der Waals surface area contributed by atoms with Crippen LogP contribution in [-0.2, 0) is 14.3 Å². The fourth-order valence-electron chi connectivity index (χ4n) is 4.54. The maximum atomic E-state index is 13.3. The normalized spacial score (nSPS) is 20.3. The van der Waals surface area contributed by atoms with E-state index in [9.17, 15) is 19.8 Å². The summed E-state index contributed by atoms with van der Waals surface area (Å²) in [5.41, 5.74) is 1.39. The van der Waals surface area contributed by atoms with Crippen LogP contribution in [0.2, 0.25) is 0 Å². The van der Waals surface area contributed by atoms with E-state index in [-0.39, 0.29) is 23.4 Å². The molecular weight excluding hydrogens is 452 g/mol. The Hall–Kier alpha value is -3.56. The van der Waals surface area contributed by atoms with Crippen molar-refractivity contribution < 1.29 is 34.0 Å². The number of phenols is 1. The summed E-state index contributed by atoms with van der Waals surface area (Å²) in [6.45, 7) is 5.35. The van der Waals surface area contributed by atoms with E-state index in [0.717, 1.165) is 18.7 Å². The summed E-state index contributed by atoms with van der Waals surface area (Å²) in [5, 5.41) is 21.7. The van der Waals surface area contributed by atoms with Crippen molar-refractivity contribution in [2.75, 3.05) is 53.6 Å². The lowest BCUT2D eigenvalue weighted by molar-refractivity contribution is -0.140. The van der Waals surface area contributed by atoms with Crippen molar-refractivity contribution >= 4 is 17.4 Å². The molecule has 9 nitrogen and oxygen atoms in total. The molecule has 2 aromatic carbocycles. The fraction of sp³-hybridized carbons (Fsp3) is 0.385. The zero-order valence-corrected chi connectivity index (χ0v) is 20.1. The molecule has 1 unspecified atom stereocenters. The highest BCUT2D eigenvalue weighted by Gasteiger charge is 2.46. The highest BCUT2D eigenvalue weighted by Crippen LogP contribution is 2.43. The summed E-state index contributed by atoms with van der Waals surface area (Å²) in [5.74, 6) is -1.17. The SMILES string of the molecule is COc1ccc(C2C(=C(O)c3cc(C)ccc3O)C(=O)C(=O)N2CCN2CCOCC2)cc1OC. The Kier molecular flexibility index (Phi) is 7.28. The molecule has 0 bridgehead atoms. The van der Waals surface area contributed by atoms with Crippen LogP contribution in [0.5, 0.6) is 17.2 Å². The van der Waals surface area contributed by atoms with Gasteiger partial charge < -0.3 is 29.3 Å². The van der Waals surface area contributed by atoms with Gasteiger partial charge in [0.05, 0.1) is 44.6 Å². The van der Waals surface area contributed by atoms with Gasteiger partial charge in [-0.1, -0.05) is 17.7 Å². The molecule has 0 aliphatic carbocycles. The first-order chi connectivity index (χ1) is 16.8. The lowest BCUT2D eigenvalue weighted by Gasteiger charge is -2.31. The molecule has 2 aliphatic heterocycles. The number of nitrogens with zero attached hydrogens (tertiary/aromatic N) is 2. The van der Waals surface area contributed by atoms with Gasteiger partial charge in [0.15, 0.2) is 11.5 Å². The standard InChI is InChI=1S/C26H30N2O7/c1-16-4-6-19(29)18(14-16)24(30)22-23(17-5-7-20(33-2)21(15-17)34-3)28(26(32)25(22)31)9-8-27-10-12-35-13-11-27/h4-7,14-15,23,29-30H,8-13H2,1-3H3. The predicted molar refractivity (Wildman–Crippen MR) is 129 cm³/mol. The molecule has 2 saturated heterocycles. The minimum Gasteiger partial charge on any atom is -0.507 e. The van der Waals surface area contributed by atoms with E-state index in [1.165, 1.54) is 25.2 Å². The topological polar surface area (TPSA) is 109 Å². The number of carbonyl (C=O) groups is 2. The van der Waals surface area contributed by atoms with Crippen LogP contribution in [0.25, 0.3) is 5.76 Å². The number of aliphatic hydroxyl groups is 1. The van der Waals surface area contributed by atoms with Gasteiger partial charge in [0.25, 0.3) is 11.7 Å². The summed E-state index contributed by atoms with van der Waals surface area (Å²) in [6.07, 6.45) is 0. The van der Waals surface area contributed by atoms with Crippen molar-refractivity contribution in [1.29, 1.82) is 0 Å². The molecule has 9 heteroatoms. The van der Waals surface area contributed by atoms with Crippen LogP contribution >= 0.6 is 0 Å². The van der Waals surface area contributed by atoms with Gasteiger partial charge in [0, 0.05) is 26.2 Å². The number of ether oxygens (including phenoxy) is 3. The molecule has 1 amide bonds. The van der Waals surface area contributed by atoms with Crippen molar-refractivity contribution in [3.8, 4) is 17.2 Å². The quantitative estimate of drug-likeness (QED) is 0.352. The number of methoxy groups -OCH3 is 2. The van der Waals surface area contributed by atoms with Gasteiger partial charge in [-0.05, 0) is 36.8 Å². The zero-order valence-electron chi connectivity index (χ0n) is 20.1. The summed E-state index contributed by atoms with van der Waals surface area (Å²) >= 11 is 0. The molecule has 2 aromatic rings. The van der Waals surface area contributed by atoms with E-state index in [2.05, 4.69) is 4.90 Å². The Balaban J connectivity index is 1.81. The number of aryl methyl sites for hydroxylation is 1. The highest BCUT2D eigenvalue weighted by molar-refractivity contribution is 6.46. The van der Waals surface area contributed by atoms with Gasteiger partial charge in [-0.2, -0.15) is 0 Å². The summed E-state index contributed by atoms with van der Waals surface area (Å²) in [7, 11) is 3.02. The molecule has 2 N–H and O–H groups in total. The molecule has 0 saturated carbocycles. The summed E-state index contributed by atoms with van der Waals surface area (Å²) < 4.78 is 16.2. The monoisotopic (exact) mass is 482 g/mol. The number of aromatic hydroxyl groups is 1. The third-order valence-electron chi connectivity index (χ3n) is 6.43. The molecular formula is C26H30N2O7. The Bertz CT molecular complexity index is 1150. The van der Waals surface area contributed by atoms with Crippen molar-refractivity contribution in [2.24, 2.45) is 0 Å². The van der Waals surface area contributed by atoms with Crippen LogP contribution in [-0.4, -0.2) is 85.3 Å². The number of phenolic OH excluding ortho intramolecular Hbond substituents is 1. The van der Waals surface area contributed by atoms with E-state index < -0.39 is 23.5 Å². The second kappa shape index (κ2) is 10.4. The molecule has 2 fully saturated rings. The second-order valence-corrected chi connectivity index (χ2v) is 8.58. The smallest absolute Gasteiger partial charge is 0.295 e. The Morgan fingerprint density at radius 1 is 1.03 bits per heavy atom. The zero-order chi connectivity index (χ0) is 25.1. The number of amides is 1. The molecule has 0 radical (unpaired) electrons. The average molecular weight is 483 g/mol. The van der Waals surface area contributed by atoms with Crippen molar-refractivity contribution in [3.63, 3.8) is 0 Å². The summed E-state index contributed by atoms with van der Waals surface area (Å²) in [6, 6.07) is 8.99. The van der Waals surface area contributed by atoms with Crippen molar-refractivity contribution in [2.45, 2.75) is 13.0 Å². The van der Waals surface area contributed by atoms with E-state index in [0.29, 0.717) is 36.8 Å². The van der Waals surface area contributed by atoms with Gasteiger partial charge in [-0.25, -0.2) is 0 Å². The number of benzene rings is 2. The minimum absolute atomic E-state index is 0.0786. The molecule has 35 heavy (non-hydrogen) atoms. The van der Waals surface area contributed by atoms with Crippen LogP contribution in [0.15, 0.2) is 42.0 Å². The Morgan fingerprint density at radius 3 is 2.43 bits per heavy atom. The lowest BCUT2D eigenvalue weighted by Crippen LogP contribution is -2.42. The van der Waals surface area contributed by atoms with Crippen LogP contribution in [0, 0.1) is 6.92 Å². The lowest BCUT2D eigenvalue weighted by atomic mass is 9.94. The number of hydrogen-bond acceptors (Lipinski definition) is 8. The van der Waals surface area contributed by atoms with E-state index in [1.54, 1.807) is 30.3 Å². The molecule has 1 atom stereocenters. The first kappa shape index (κ1) is 24.6. The molecule has 4 rings (SSSR count).